The third kappa shape index (κ3) is 3.16. The number of benzene rings is 1. The van der Waals surface area contributed by atoms with Gasteiger partial charge in [-0.05, 0) is 37.0 Å². The van der Waals surface area contributed by atoms with Gasteiger partial charge in [0, 0.05) is 25.0 Å². The van der Waals surface area contributed by atoms with E-state index < -0.39 is 5.82 Å². The second-order valence-electron chi connectivity index (χ2n) is 7.00. The van der Waals surface area contributed by atoms with E-state index in [1.807, 2.05) is 6.07 Å². The number of nitriles is 1. The van der Waals surface area contributed by atoms with Crippen molar-refractivity contribution in [2.24, 2.45) is 5.92 Å². The van der Waals surface area contributed by atoms with Crippen molar-refractivity contribution in [2.75, 3.05) is 6.54 Å². The van der Waals surface area contributed by atoms with Gasteiger partial charge in [-0.1, -0.05) is 0 Å². The van der Waals surface area contributed by atoms with Gasteiger partial charge in [0.2, 0.25) is 5.91 Å². The maximum absolute atomic E-state index is 13.8. The van der Waals surface area contributed by atoms with E-state index in [9.17, 15) is 14.0 Å². The molecular formula is C19H18FN5O2. The van der Waals surface area contributed by atoms with Crippen molar-refractivity contribution in [1.82, 2.24) is 19.8 Å². The number of amides is 2. The number of carbonyl (C=O) groups is 2. The van der Waals surface area contributed by atoms with Crippen LogP contribution in [0.4, 0.5) is 4.39 Å². The van der Waals surface area contributed by atoms with Gasteiger partial charge in [-0.2, -0.15) is 5.26 Å². The zero-order valence-electron chi connectivity index (χ0n) is 14.5. The Bertz CT molecular complexity index is 921. The highest BCUT2D eigenvalue weighted by Gasteiger charge is 2.47. The second kappa shape index (κ2) is 6.83. The first-order valence-electron chi connectivity index (χ1n) is 8.82. The molecule has 2 heterocycles. The van der Waals surface area contributed by atoms with E-state index >= 15 is 0 Å². The molecule has 8 heteroatoms. The fourth-order valence-electron chi connectivity index (χ4n) is 4.20. The van der Waals surface area contributed by atoms with Crippen LogP contribution in [0.1, 0.15) is 29.6 Å². The molecule has 2 fully saturated rings. The molecule has 1 N–H and O–H groups in total. The number of carbonyl (C=O) groups excluding carboxylic acids is 2. The summed E-state index contributed by atoms with van der Waals surface area (Å²) in [6.07, 6.45) is 6.26. The Balaban J connectivity index is 1.55. The molecular weight excluding hydrogens is 349 g/mol. The van der Waals surface area contributed by atoms with Gasteiger partial charge in [-0.3, -0.25) is 9.59 Å². The number of aromatic nitrogens is 2. The Labute approximate surface area is 155 Å². The molecule has 2 aliphatic rings. The van der Waals surface area contributed by atoms with Crippen LogP contribution in [0.2, 0.25) is 0 Å². The average molecular weight is 367 g/mol. The summed E-state index contributed by atoms with van der Waals surface area (Å²) >= 11 is 0. The van der Waals surface area contributed by atoms with Gasteiger partial charge in [0.1, 0.15) is 12.2 Å². The second-order valence-corrected chi connectivity index (χ2v) is 7.00. The summed E-state index contributed by atoms with van der Waals surface area (Å²) in [4.78, 5) is 30.7. The zero-order chi connectivity index (χ0) is 19.0. The lowest BCUT2D eigenvalue weighted by Gasteiger charge is -2.33. The van der Waals surface area contributed by atoms with Crippen molar-refractivity contribution >= 4 is 11.8 Å². The molecule has 3 atom stereocenters. The number of halogens is 1. The molecule has 1 aromatic carbocycles. The highest BCUT2D eigenvalue weighted by Crippen LogP contribution is 2.38. The fraction of sp³-hybridized carbons (Fsp3) is 0.368. The van der Waals surface area contributed by atoms with E-state index in [2.05, 4.69) is 10.3 Å². The van der Waals surface area contributed by atoms with Crippen LogP contribution in [-0.2, 0) is 4.79 Å². The summed E-state index contributed by atoms with van der Waals surface area (Å²) in [5.41, 5.74) is 0.748. The summed E-state index contributed by atoms with van der Waals surface area (Å²) in [6, 6.07) is 5.62. The van der Waals surface area contributed by atoms with E-state index in [0.29, 0.717) is 18.2 Å². The molecule has 2 amide bonds. The Hall–Kier alpha value is -3.21. The van der Waals surface area contributed by atoms with Crippen LogP contribution in [-0.4, -0.2) is 44.9 Å². The number of imidazole rings is 1. The molecule has 7 nitrogen and oxygen atoms in total. The number of nitrogens with zero attached hydrogens (tertiary/aromatic N) is 4. The summed E-state index contributed by atoms with van der Waals surface area (Å²) in [5.74, 6) is -0.761. The van der Waals surface area contributed by atoms with Gasteiger partial charge in [0.15, 0.2) is 0 Å². The van der Waals surface area contributed by atoms with Crippen molar-refractivity contribution < 1.29 is 14.0 Å². The van der Waals surface area contributed by atoms with Crippen molar-refractivity contribution in [2.45, 2.75) is 31.3 Å². The van der Waals surface area contributed by atoms with Gasteiger partial charge < -0.3 is 14.8 Å². The van der Waals surface area contributed by atoms with E-state index in [-0.39, 0.29) is 35.9 Å². The molecule has 2 bridgehead atoms. The summed E-state index contributed by atoms with van der Waals surface area (Å²) in [6.45, 7) is 0.637. The van der Waals surface area contributed by atoms with Crippen molar-refractivity contribution in [3.63, 3.8) is 0 Å². The average Bonchev–Trinajstić information content (AvgIpc) is 3.38. The molecule has 1 saturated heterocycles. The predicted octanol–water partition coefficient (Wildman–Crippen LogP) is 1.64. The van der Waals surface area contributed by atoms with Crippen LogP contribution >= 0.6 is 0 Å². The lowest BCUT2D eigenvalue weighted by Crippen LogP contribution is -2.52. The van der Waals surface area contributed by atoms with Gasteiger partial charge in [-0.15, -0.1) is 0 Å². The van der Waals surface area contributed by atoms with Gasteiger partial charge in [0.05, 0.1) is 29.7 Å². The number of hydrogen-bond acceptors (Lipinski definition) is 4. The molecule has 4 rings (SSSR count). The van der Waals surface area contributed by atoms with Crippen molar-refractivity contribution in [3.05, 3.63) is 48.3 Å². The quantitative estimate of drug-likeness (QED) is 0.889. The van der Waals surface area contributed by atoms with Crippen LogP contribution in [0.5, 0.6) is 0 Å². The van der Waals surface area contributed by atoms with Gasteiger partial charge >= 0.3 is 0 Å². The highest BCUT2D eigenvalue weighted by atomic mass is 19.1. The first kappa shape index (κ1) is 17.2. The summed E-state index contributed by atoms with van der Waals surface area (Å²) in [5, 5.41) is 11.7. The topological polar surface area (TPSA) is 91.0 Å². The molecule has 1 aliphatic carbocycles. The highest BCUT2D eigenvalue weighted by molar-refractivity contribution is 5.98. The first-order valence-corrected chi connectivity index (χ1v) is 8.82. The van der Waals surface area contributed by atoms with Crippen LogP contribution in [0.15, 0.2) is 36.9 Å². The Morgan fingerprint density at radius 1 is 1.37 bits per heavy atom. The number of rotatable bonds is 4. The smallest absolute Gasteiger partial charge is 0.253 e. The fourth-order valence-corrected chi connectivity index (χ4v) is 4.20. The largest absolute Gasteiger partial charge is 0.347 e. The minimum absolute atomic E-state index is 0.106. The molecule has 0 radical (unpaired) electrons. The standard InChI is InChI=1S/C19H18FN5O2/c20-13-1-2-16(24-6-5-22-11-24)14(9-13)19(27)23-15-7-12-8-17(15)25(10-12)18(26)3-4-21/h1-2,5-6,9,11-12,15,17H,3,7-8,10H2,(H,23,27). The molecule has 0 spiro atoms. The lowest BCUT2D eigenvalue weighted by molar-refractivity contribution is -0.132. The normalized spacial score (nSPS) is 23.3. The lowest BCUT2D eigenvalue weighted by atomic mass is 10.0. The molecule has 2 aromatic rings. The SMILES string of the molecule is N#CCC(=O)N1CC2CC(NC(=O)c3cc(F)ccc3-n3ccnc3)C1C2. The van der Waals surface area contributed by atoms with Gasteiger partial charge in [-0.25, -0.2) is 9.37 Å². The number of likely N-dealkylation sites (tertiary alicyclic amines) is 1. The molecule has 27 heavy (non-hydrogen) atoms. The van der Waals surface area contributed by atoms with Crippen LogP contribution in [0, 0.1) is 23.1 Å². The van der Waals surface area contributed by atoms with E-state index in [0.717, 1.165) is 12.8 Å². The molecule has 138 valence electrons. The third-order valence-corrected chi connectivity index (χ3v) is 5.33. The minimum Gasteiger partial charge on any atom is -0.347 e. The predicted molar refractivity (Wildman–Crippen MR) is 93.2 cm³/mol. The maximum atomic E-state index is 13.8. The van der Waals surface area contributed by atoms with Gasteiger partial charge in [0.25, 0.3) is 5.91 Å². The number of hydrogen-bond donors (Lipinski definition) is 1. The number of piperidine rings is 1. The van der Waals surface area contributed by atoms with E-state index in [4.69, 9.17) is 5.26 Å². The number of nitrogens with one attached hydrogen (secondary N) is 1. The third-order valence-electron chi connectivity index (χ3n) is 5.33. The van der Waals surface area contributed by atoms with Crippen LogP contribution in [0.25, 0.3) is 5.69 Å². The van der Waals surface area contributed by atoms with E-state index in [1.54, 1.807) is 28.2 Å². The minimum atomic E-state index is -0.497. The van der Waals surface area contributed by atoms with Crippen molar-refractivity contribution in [3.8, 4) is 11.8 Å². The Morgan fingerprint density at radius 3 is 2.93 bits per heavy atom. The monoisotopic (exact) mass is 367 g/mol. The molecule has 1 aromatic heterocycles. The maximum Gasteiger partial charge on any atom is 0.253 e. The summed E-state index contributed by atoms with van der Waals surface area (Å²) in [7, 11) is 0. The Kier molecular flexibility index (Phi) is 4.36. The number of fused-ring (bicyclic) bond motifs is 2. The van der Waals surface area contributed by atoms with Crippen LogP contribution < -0.4 is 5.32 Å². The molecule has 1 saturated carbocycles. The first-order chi connectivity index (χ1) is 13.1. The molecule has 3 unspecified atom stereocenters. The molecule has 1 aliphatic heterocycles. The Morgan fingerprint density at radius 2 is 2.22 bits per heavy atom. The zero-order valence-corrected chi connectivity index (χ0v) is 14.5. The summed E-state index contributed by atoms with van der Waals surface area (Å²) < 4.78 is 15.4. The van der Waals surface area contributed by atoms with Crippen LogP contribution in [0.3, 0.4) is 0 Å². The van der Waals surface area contributed by atoms with Crippen molar-refractivity contribution in [1.29, 1.82) is 5.26 Å². The van der Waals surface area contributed by atoms with E-state index in [1.165, 1.54) is 18.2 Å².